The number of carbonyl (C=O) groups excluding carboxylic acids is 1. The summed E-state index contributed by atoms with van der Waals surface area (Å²) in [5.41, 5.74) is 2.23. The third kappa shape index (κ3) is 3.41. The summed E-state index contributed by atoms with van der Waals surface area (Å²) >= 11 is 0. The largest absolute Gasteiger partial charge is 0.352 e. The molecule has 0 fully saturated rings. The van der Waals surface area contributed by atoms with E-state index in [9.17, 15) is 4.79 Å². The van der Waals surface area contributed by atoms with Crippen molar-refractivity contribution >= 4 is 16.8 Å². The quantitative estimate of drug-likeness (QED) is 0.735. The lowest BCUT2D eigenvalue weighted by atomic mass is 10.1. The third-order valence-electron chi connectivity index (χ3n) is 3.80. The molecular formula is C19H17N3O. The smallest absolute Gasteiger partial charge is 0.251 e. The van der Waals surface area contributed by atoms with Crippen LogP contribution >= 0.6 is 0 Å². The van der Waals surface area contributed by atoms with Gasteiger partial charge in [-0.25, -0.2) is 0 Å². The van der Waals surface area contributed by atoms with Crippen molar-refractivity contribution in [2.24, 2.45) is 0 Å². The summed E-state index contributed by atoms with van der Waals surface area (Å²) < 4.78 is 2.19. The Morgan fingerprint density at radius 1 is 1.13 bits per heavy atom. The van der Waals surface area contributed by atoms with E-state index in [1.165, 1.54) is 10.9 Å². The Hall–Kier alpha value is -3.06. The first-order chi connectivity index (χ1) is 11.3. The average Bonchev–Trinajstić information content (AvgIpc) is 3.02. The highest BCUT2D eigenvalue weighted by Crippen LogP contribution is 2.15. The fourth-order valence-electron chi connectivity index (χ4n) is 2.62. The molecule has 0 aliphatic heterocycles. The van der Waals surface area contributed by atoms with Crippen LogP contribution in [0.1, 0.15) is 22.3 Å². The van der Waals surface area contributed by atoms with Gasteiger partial charge in [0.1, 0.15) is 0 Å². The van der Waals surface area contributed by atoms with Gasteiger partial charge in [0.25, 0.3) is 5.91 Å². The molecule has 4 heteroatoms. The van der Waals surface area contributed by atoms with Crippen molar-refractivity contribution in [3.8, 4) is 6.07 Å². The molecule has 4 nitrogen and oxygen atoms in total. The monoisotopic (exact) mass is 303 g/mol. The summed E-state index contributed by atoms with van der Waals surface area (Å²) in [5, 5.41) is 13.0. The molecule has 2 aromatic carbocycles. The van der Waals surface area contributed by atoms with Crippen LogP contribution in [0.15, 0.2) is 60.8 Å². The maximum atomic E-state index is 12.1. The van der Waals surface area contributed by atoms with Crippen LogP contribution in [0, 0.1) is 11.3 Å². The summed E-state index contributed by atoms with van der Waals surface area (Å²) in [7, 11) is 0. The van der Waals surface area contributed by atoms with E-state index in [2.05, 4.69) is 34.3 Å². The molecule has 114 valence electrons. The number of rotatable bonds is 5. The van der Waals surface area contributed by atoms with E-state index >= 15 is 0 Å². The van der Waals surface area contributed by atoms with Crippen LogP contribution in [0.4, 0.5) is 0 Å². The van der Waals surface area contributed by atoms with Gasteiger partial charge in [0.2, 0.25) is 0 Å². The van der Waals surface area contributed by atoms with E-state index in [0.29, 0.717) is 17.7 Å². The van der Waals surface area contributed by atoms with Crippen LogP contribution in [0.3, 0.4) is 0 Å². The molecular weight excluding hydrogens is 286 g/mol. The van der Waals surface area contributed by atoms with E-state index in [1.54, 1.807) is 24.3 Å². The first-order valence-corrected chi connectivity index (χ1v) is 7.60. The number of benzene rings is 2. The molecule has 23 heavy (non-hydrogen) atoms. The number of fused-ring (bicyclic) bond motifs is 1. The van der Waals surface area contributed by atoms with Crippen LogP contribution in [0.5, 0.6) is 0 Å². The van der Waals surface area contributed by atoms with Crippen molar-refractivity contribution in [3.63, 3.8) is 0 Å². The molecule has 3 rings (SSSR count). The third-order valence-corrected chi connectivity index (χ3v) is 3.80. The zero-order valence-electron chi connectivity index (χ0n) is 12.7. The van der Waals surface area contributed by atoms with Crippen molar-refractivity contribution in [2.45, 2.75) is 13.0 Å². The zero-order valence-corrected chi connectivity index (χ0v) is 12.7. The van der Waals surface area contributed by atoms with Crippen LogP contribution in [0.2, 0.25) is 0 Å². The lowest BCUT2D eigenvalue weighted by Gasteiger charge is -2.07. The SMILES string of the molecule is N#Cc1cccc(C(=O)NCCCn2ccc3ccccc32)c1. The number of nitrogens with one attached hydrogen (secondary N) is 1. The minimum absolute atomic E-state index is 0.139. The summed E-state index contributed by atoms with van der Waals surface area (Å²) in [4.78, 5) is 12.1. The molecule has 0 radical (unpaired) electrons. The molecule has 0 atom stereocenters. The molecule has 0 aliphatic carbocycles. The van der Waals surface area contributed by atoms with E-state index in [1.807, 2.05) is 18.2 Å². The second kappa shape index (κ2) is 6.80. The lowest BCUT2D eigenvalue weighted by molar-refractivity contribution is 0.0952. The number of para-hydroxylation sites is 1. The number of hydrogen-bond acceptors (Lipinski definition) is 2. The Morgan fingerprint density at radius 2 is 2.00 bits per heavy atom. The van der Waals surface area contributed by atoms with Crippen molar-refractivity contribution in [1.82, 2.24) is 9.88 Å². The van der Waals surface area contributed by atoms with Crippen molar-refractivity contribution < 1.29 is 4.79 Å². The standard InChI is InChI=1S/C19H17N3O/c20-14-15-5-3-7-17(13-15)19(23)21-10-4-11-22-12-9-16-6-1-2-8-18(16)22/h1-3,5-9,12-13H,4,10-11H2,(H,21,23). The topological polar surface area (TPSA) is 57.8 Å². The number of nitriles is 1. The van der Waals surface area contributed by atoms with E-state index in [-0.39, 0.29) is 5.91 Å². The fourth-order valence-corrected chi connectivity index (χ4v) is 2.62. The Kier molecular flexibility index (Phi) is 4.39. The summed E-state index contributed by atoms with van der Waals surface area (Å²) in [6, 6.07) is 19.1. The van der Waals surface area contributed by atoms with Gasteiger partial charge in [0.05, 0.1) is 11.6 Å². The first-order valence-electron chi connectivity index (χ1n) is 7.60. The number of nitrogens with zero attached hydrogens (tertiary/aromatic N) is 2. The molecule has 1 heterocycles. The van der Waals surface area contributed by atoms with Crippen LogP contribution in [0.25, 0.3) is 10.9 Å². The minimum atomic E-state index is -0.139. The first kappa shape index (κ1) is 14.9. The minimum Gasteiger partial charge on any atom is -0.352 e. The molecule has 1 N–H and O–H groups in total. The second-order valence-electron chi connectivity index (χ2n) is 5.37. The van der Waals surface area contributed by atoms with E-state index < -0.39 is 0 Å². The van der Waals surface area contributed by atoms with Gasteiger partial charge in [-0.1, -0.05) is 24.3 Å². The number of aromatic nitrogens is 1. The summed E-state index contributed by atoms with van der Waals surface area (Å²) in [6.07, 6.45) is 2.92. The highest BCUT2D eigenvalue weighted by molar-refractivity contribution is 5.94. The van der Waals surface area contributed by atoms with Gasteiger partial charge >= 0.3 is 0 Å². The molecule has 3 aromatic rings. The Morgan fingerprint density at radius 3 is 2.87 bits per heavy atom. The Bertz CT molecular complexity index is 873. The lowest BCUT2D eigenvalue weighted by Crippen LogP contribution is -2.25. The molecule has 1 aromatic heterocycles. The zero-order chi connectivity index (χ0) is 16.1. The van der Waals surface area contributed by atoms with Gasteiger partial charge in [-0.2, -0.15) is 5.26 Å². The van der Waals surface area contributed by atoms with Crippen LogP contribution in [-0.4, -0.2) is 17.0 Å². The van der Waals surface area contributed by atoms with Crippen LogP contribution in [-0.2, 0) is 6.54 Å². The van der Waals surface area contributed by atoms with Crippen molar-refractivity contribution in [1.29, 1.82) is 5.26 Å². The predicted octanol–water partition coefficient (Wildman–Crippen LogP) is 3.33. The average molecular weight is 303 g/mol. The van der Waals surface area contributed by atoms with Gasteiger partial charge in [-0.05, 0) is 42.1 Å². The van der Waals surface area contributed by atoms with Crippen molar-refractivity contribution in [3.05, 3.63) is 71.9 Å². The molecule has 0 saturated carbocycles. The van der Waals surface area contributed by atoms with E-state index in [0.717, 1.165) is 13.0 Å². The van der Waals surface area contributed by atoms with E-state index in [4.69, 9.17) is 5.26 Å². The number of aryl methyl sites for hydroxylation is 1. The molecule has 1 amide bonds. The molecule has 0 aliphatic rings. The Balaban J connectivity index is 1.53. The fraction of sp³-hybridized carbons (Fsp3) is 0.158. The van der Waals surface area contributed by atoms with Gasteiger partial charge in [-0.3, -0.25) is 4.79 Å². The number of hydrogen-bond donors (Lipinski definition) is 1. The summed E-state index contributed by atoms with van der Waals surface area (Å²) in [5.74, 6) is -0.139. The normalized spacial score (nSPS) is 10.4. The highest BCUT2D eigenvalue weighted by Gasteiger charge is 2.05. The second-order valence-corrected chi connectivity index (χ2v) is 5.37. The summed E-state index contributed by atoms with van der Waals surface area (Å²) in [6.45, 7) is 1.45. The molecule has 0 spiro atoms. The molecule has 0 unspecified atom stereocenters. The van der Waals surface area contributed by atoms with Gasteiger partial charge in [-0.15, -0.1) is 0 Å². The molecule has 0 bridgehead atoms. The number of carbonyl (C=O) groups is 1. The van der Waals surface area contributed by atoms with Crippen molar-refractivity contribution in [2.75, 3.05) is 6.54 Å². The van der Waals surface area contributed by atoms with Crippen LogP contribution < -0.4 is 5.32 Å². The Labute approximate surface area is 135 Å². The maximum absolute atomic E-state index is 12.1. The van der Waals surface area contributed by atoms with Gasteiger partial charge in [0.15, 0.2) is 0 Å². The van der Waals surface area contributed by atoms with Gasteiger partial charge in [0, 0.05) is 30.4 Å². The van der Waals surface area contributed by atoms with Gasteiger partial charge < -0.3 is 9.88 Å². The predicted molar refractivity (Wildman–Crippen MR) is 90.0 cm³/mol. The highest BCUT2D eigenvalue weighted by atomic mass is 16.1. The maximum Gasteiger partial charge on any atom is 0.251 e. The molecule has 0 saturated heterocycles. The number of amides is 1.